The number of fused-ring (bicyclic) bond motifs is 1. The lowest BCUT2D eigenvalue weighted by atomic mass is 9.99. The number of nitrogens with zero attached hydrogens (tertiary/aromatic N) is 4. The summed E-state index contributed by atoms with van der Waals surface area (Å²) in [7, 11) is 0. The third kappa shape index (κ3) is 4.97. The number of pyridine rings is 2. The number of aromatic nitrogens is 4. The number of amides is 1. The minimum absolute atomic E-state index is 0.261. The zero-order valence-corrected chi connectivity index (χ0v) is 19.5. The Hall–Kier alpha value is -4.31. The van der Waals surface area contributed by atoms with Crippen LogP contribution in [-0.4, -0.2) is 31.6 Å². The first-order chi connectivity index (χ1) is 17.0. The van der Waals surface area contributed by atoms with Gasteiger partial charge in [0.15, 0.2) is 0 Å². The van der Waals surface area contributed by atoms with Crippen molar-refractivity contribution >= 4 is 5.91 Å². The molecule has 3 aromatic heterocycles. The lowest BCUT2D eigenvalue weighted by Crippen LogP contribution is -2.31. The van der Waals surface area contributed by atoms with E-state index in [0.29, 0.717) is 17.0 Å². The van der Waals surface area contributed by atoms with Crippen molar-refractivity contribution in [3.8, 4) is 11.8 Å². The molecule has 0 fully saturated rings. The minimum atomic E-state index is -0.944. The summed E-state index contributed by atoms with van der Waals surface area (Å²) >= 11 is 0. The topological polar surface area (TPSA) is 72.7 Å². The highest BCUT2D eigenvalue weighted by atomic mass is 19.1. The molecule has 6 nitrogen and oxygen atoms in total. The number of carbonyl (C=O) groups is 1. The largest absolute Gasteiger partial charge is 0.338 e. The maximum atomic E-state index is 14.1. The molecule has 1 aliphatic heterocycles. The first-order valence-corrected chi connectivity index (χ1v) is 11.4. The van der Waals surface area contributed by atoms with Gasteiger partial charge in [0.2, 0.25) is 0 Å². The Balaban J connectivity index is 1.47. The summed E-state index contributed by atoms with van der Waals surface area (Å²) in [6, 6.07) is 14.6. The summed E-state index contributed by atoms with van der Waals surface area (Å²) in [5, 5.41) is 3.09. The fraction of sp³-hybridized carbons (Fsp3) is 0.214. The van der Waals surface area contributed by atoms with E-state index < -0.39 is 12.2 Å². The molecule has 0 saturated heterocycles. The molecule has 1 aliphatic rings. The van der Waals surface area contributed by atoms with Gasteiger partial charge in [-0.15, -0.1) is 0 Å². The molecule has 0 saturated carbocycles. The fourth-order valence-electron chi connectivity index (χ4n) is 4.24. The molecule has 0 bridgehead atoms. The molecule has 174 valence electrons. The van der Waals surface area contributed by atoms with Crippen LogP contribution in [0.5, 0.6) is 0 Å². The summed E-state index contributed by atoms with van der Waals surface area (Å²) in [4.78, 5) is 26.5. The number of benzene rings is 1. The van der Waals surface area contributed by atoms with E-state index in [2.05, 4.69) is 32.1 Å². The van der Waals surface area contributed by atoms with Crippen LogP contribution in [0.2, 0.25) is 0 Å². The van der Waals surface area contributed by atoms with E-state index in [4.69, 9.17) is 0 Å². The van der Waals surface area contributed by atoms with E-state index in [9.17, 15) is 9.18 Å². The van der Waals surface area contributed by atoms with Gasteiger partial charge in [0.25, 0.3) is 5.91 Å². The summed E-state index contributed by atoms with van der Waals surface area (Å²) in [6.45, 7) is 4.12. The number of hydrogen-bond donors (Lipinski definition) is 1. The quantitative estimate of drug-likeness (QED) is 0.461. The molecule has 4 aromatic rings. The zero-order chi connectivity index (χ0) is 24.4. The van der Waals surface area contributed by atoms with Gasteiger partial charge in [-0.3, -0.25) is 9.78 Å². The Labute approximate surface area is 203 Å². The van der Waals surface area contributed by atoms with Gasteiger partial charge in [-0.05, 0) is 43.7 Å². The van der Waals surface area contributed by atoms with E-state index in [-0.39, 0.29) is 24.6 Å². The first kappa shape index (κ1) is 22.5. The van der Waals surface area contributed by atoms with Crippen molar-refractivity contribution in [1.29, 1.82) is 0 Å². The summed E-state index contributed by atoms with van der Waals surface area (Å²) in [5.41, 5.74) is 5.86. The predicted octanol–water partition coefficient (Wildman–Crippen LogP) is 4.10. The van der Waals surface area contributed by atoms with Gasteiger partial charge in [0.05, 0.1) is 24.6 Å². The van der Waals surface area contributed by atoms with E-state index in [0.717, 1.165) is 22.4 Å². The van der Waals surface area contributed by atoms with Crippen molar-refractivity contribution in [3.63, 3.8) is 0 Å². The Morgan fingerprint density at radius 3 is 2.71 bits per heavy atom. The van der Waals surface area contributed by atoms with Gasteiger partial charge in [-0.25, -0.2) is 14.4 Å². The first-order valence-electron chi connectivity index (χ1n) is 11.4. The van der Waals surface area contributed by atoms with Crippen LogP contribution in [0.15, 0.2) is 67.3 Å². The Kier molecular flexibility index (Phi) is 6.11. The second-order valence-corrected chi connectivity index (χ2v) is 8.72. The number of rotatable bonds is 4. The highest BCUT2D eigenvalue weighted by Gasteiger charge is 2.30. The highest BCUT2D eigenvalue weighted by molar-refractivity contribution is 5.93. The third-order valence-corrected chi connectivity index (χ3v) is 5.95. The third-order valence-electron chi connectivity index (χ3n) is 5.95. The van der Waals surface area contributed by atoms with Crippen molar-refractivity contribution in [2.24, 2.45) is 0 Å². The van der Waals surface area contributed by atoms with Gasteiger partial charge >= 0.3 is 0 Å². The van der Waals surface area contributed by atoms with E-state index in [1.165, 1.54) is 0 Å². The zero-order valence-electron chi connectivity index (χ0n) is 19.5. The lowest BCUT2D eigenvalue weighted by Gasteiger charge is -2.19. The molecule has 7 heteroatoms. The lowest BCUT2D eigenvalue weighted by molar-refractivity contribution is 0.0937. The molecule has 0 radical (unpaired) electrons. The van der Waals surface area contributed by atoms with Crippen molar-refractivity contribution in [1.82, 2.24) is 24.8 Å². The summed E-state index contributed by atoms with van der Waals surface area (Å²) in [5.74, 6) is 5.80. The predicted molar refractivity (Wildman–Crippen MR) is 131 cm³/mol. The number of nitrogens with one attached hydrogen (secondary N) is 1. The standard InChI is InChI=1S/C28H24FN5O/c1-18-5-9-22(10-6-18)26(27-25-14-23(29)16-34(25)17-31-27)33-28(35)24-13-21(12-19(2)32-24)8-7-20-4-3-11-30-15-20/h3-6,9-13,15,17,23,26H,14,16H2,1-2H3,(H,33,35)/t23-,26?/m1/s1. The van der Waals surface area contributed by atoms with Gasteiger partial charge in [0.1, 0.15) is 11.9 Å². The van der Waals surface area contributed by atoms with Crippen LogP contribution in [0.3, 0.4) is 0 Å². The smallest absolute Gasteiger partial charge is 0.270 e. The van der Waals surface area contributed by atoms with Gasteiger partial charge in [-0.2, -0.15) is 0 Å². The van der Waals surface area contributed by atoms with Gasteiger partial charge in [-0.1, -0.05) is 41.7 Å². The van der Waals surface area contributed by atoms with Crippen LogP contribution < -0.4 is 5.32 Å². The Morgan fingerprint density at radius 2 is 1.94 bits per heavy atom. The van der Waals surface area contributed by atoms with Gasteiger partial charge < -0.3 is 9.88 Å². The molecule has 5 rings (SSSR count). The van der Waals surface area contributed by atoms with Crippen LogP contribution in [0.4, 0.5) is 4.39 Å². The van der Waals surface area contributed by atoms with Crippen LogP contribution in [0, 0.1) is 25.7 Å². The number of hydrogen-bond acceptors (Lipinski definition) is 4. The number of halogens is 1. The number of imidazole rings is 1. The van der Waals surface area contributed by atoms with Crippen LogP contribution in [0.1, 0.15) is 55.9 Å². The number of carbonyl (C=O) groups excluding carboxylic acids is 1. The van der Waals surface area contributed by atoms with E-state index in [1.807, 2.05) is 60.9 Å². The number of aryl methyl sites for hydroxylation is 2. The van der Waals surface area contributed by atoms with Crippen molar-refractivity contribution < 1.29 is 9.18 Å². The maximum Gasteiger partial charge on any atom is 0.270 e. The minimum Gasteiger partial charge on any atom is -0.338 e. The fourth-order valence-corrected chi connectivity index (χ4v) is 4.24. The molecule has 0 aliphatic carbocycles. The monoisotopic (exact) mass is 465 g/mol. The van der Waals surface area contributed by atoms with Crippen molar-refractivity contribution in [3.05, 3.63) is 112 Å². The SMILES string of the molecule is Cc1ccc(C(NC(=O)c2cc(C#Cc3cccnc3)cc(C)n2)c2ncn3c2C[C@@H](F)C3)cc1. The van der Waals surface area contributed by atoms with Crippen LogP contribution >= 0.6 is 0 Å². The Morgan fingerprint density at radius 1 is 1.14 bits per heavy atom. The average Bonchev–Trinajstić information content (AvgIpc) is 3.41. The molecular formula is C28H24FN5O. The molecule has 2 atom stereocenters. The number of alkyl halides is 1. The Bertz CT molecular complexity index is 1430. The normalized spacial score (nSPS) is 15.1. The summed E-state index contributed by atoms with van der Waals surface area (Å²) in [6.07, 6.45) is 4.36. The van der Waals surface area contributed by atoms with E-state index in [1.54, 1.807) is 24.8 Å². The second kappa shape index (κ2) is 9.51. The molecule has 35 heavy (non-hydrogen) atoms. The molecule has 1 unspecified atom stereocenters. The molecule has 0 spiro atoms. The maximum absolute atomic E-state index is 14.1. The molecule has 4 heterocycles. The average molecular weight is 466 g/mol. The molecule has 1 N–H and O–H groups in total. The van der Waals surface area contributed by atoms with Crippen molar-refractivity contribution in [2.45, 2.75) is 39.0 Å². The van der Waals surface area contributed by atoms with Crippen molar-refractivity contribution in [2.75, 3.05) is 0 Å². The second-order valence-electron chi connectivity index (χ2n) is 8.72. The van der Waals surface area contributed by atoms with Crippen LogP contribution in [0.25, 0.3) is 0 Å². The van der Waals surface area contributed by atoms with E-state index >= 15 is 0 Å². The van der Waals surface area contributed by atoms with Gasteiger partial charge in [0, 0.05) is 41.3 Å². The molecule has 1 amide bonds. The highest BCUT2D eigenvalue weighted by Crippen LogP contribution is 2.29. The van der Waals surface area contributed by atoms with Crippen LogP contribution in [-0.2, 0) is 13.0 Å². The summed E-state index contributed by atoms with van der Waals surface area (Å²) < 4.78 is 15.9. The molecular weight excluding hydrogens is 441 g/mol. The molecule has 1 aromatic carbocycles.